The molecule has 2 N–H and O–H groups in total. The van der Waals surface area contributed by atoms with Gasteiger partial charge in [-0.25, -0.2) is 0 Å². The smallest absolute Gasteiger partial charge is 0.257 e. The van der Waals surface area contributed by atoms with E-state index in [4.69, 9.17) is 0 Å². The highest BCUT2D eigenvalue weighted by molar-refractivity contribution is 5.97. The van der Waals surface area contributed by atoms with E-state index in [9.17, 15) is 15.0 Å². The molecular weight excluding hydrogens is 218 g/mol. The van der Waals surface area contributed by atoms with Crippen LogP contribution in [-0.2, 0) is 0 Å². The molecule has 0 fully saturated rings. The first-order valence-corrected chi connectivity index (χ1v) is 5.77. The summed E-state index contributed by atoms with van der Waals surface area (Å²) in [5.41, 5.74) is 0.146. The van der Waals surface area contributed by atoms with E-state index in [-0.39, 0.29) is 23.0 Å². The number of amides is 1. The van der Waals surface area contributed by atoms with Crippen molar-refractivity contribution in [1.82, 2.24) is 4.90 Å². The van der Waals surface area contributed by atoms with Gasteiger partial charge < -0.3 is 15.1 Å². The van der Waals surface area contributed by atoms with Crippen LogP contribution in [0.25, 0.3) is 0 Å². The Bertz CT molecular complexity index is 402. The fraction of sp³-hybridized carbons (Fsp3) is 0.462. The molecule has 0 saturated heterocycles. The molecule has 1 aromatic rings. The number of benzene rings is 1. The van der Waals surface area contributed by atoms with E-state index in [1.807, 2.05) is 20.8 Å². The Morgan fingerprint density at radius 3 is 2.53 bits per heavy atom. The van der Waals surface area contributed by atoms with Crippen LogP contribution in [0.4, 0.5) is 0 Å². The molecular formula is C13H19NO3. The molecule has 1 rings (SSSR count). The van der Waals surface area contributed by atoms with Gasteiger partial charge in [0.1, 0.15) is 0 Å². The lowest BCUT2D eigenvalue weighted by atomic mass is 10.1. The second-order valence-electron chi connectivity index (χ2n) is 4.41. The minimum absolute atomic E-state index is 0.146. The average Bonchev–Trinajstić information content (AvgIpc) is 2.28. The van der Waals surface area contributed by atoms with Crippen LogP contribution in [0.15, 0.2) is 18.2 Å². The quantitative estimate of drug-likeness (QED) is 0.789. The van der Waals surface area contributed by atoms with Crippen molar-refractivity contribution in [1.29, 1.82) is 0 Å². The zero-order chi connectivity index (χ0) is 13.0. The molecule has 0 radical (unpaired) electrons. The number of carbonyl (C=O) groups excluding carboxylic acids is 1. The number of aromatic hydroxyl groups is 2. The third-order valence-electron chi connectivity index (χ3n) is 2.50. The Labute approximate surface area is 101 Å². The maximum Gasteiger partial charge on any atom is 0.257 e. The van der Waals surface area contributed by atoms with Gasteiger partial charge >= 0.3 is 0 Å². The minimum Gasteiger partial charge on any atom is -0.504 e. The molecule has 4 heteroatoms. The normalized spacial score (nSPS) is 10.6. The molecule has 0 aliphatic carbocycles. The Hall–Kier alpha value is -1.71. The first-order chi connectivity index (χ1) is 7.97. The van der Waals surface area contributed by atoms with Gasteiger partial charge in [0.2, 0.25) is 0 Å². The molecule has 4 nitrogen and oxygen atoms in total. The molecule has 94 valence electrons. The summed E-state index contributed by atoms with van der Waals surface area (Å²) in [5.74, 6) is -0.510. The van der Waals surface area contributed by atoms with Gasteiger partial charge in [-0.15, -0.1) is 0 Å². The van der Waals surface area contributed by atoms with E-state index < -0.39 is 0 Å². The Morgan fingerprint density at radius 2 is 2.00 bits per heavy atom. The van der Waals surface area contributed by atoms with Gasteiger partial charge in [0.25, 0.3) is 5.91 Å². The number of nitrogens with zero attached hydrogens (tertiary/aromatic N) is 1. The summed E-state index contributed by atoms with van der Waals surface area (Å²) in [7, 11) is 0. The highest BCUT2D eigenvalue weighted by atomic mass is 16.3. The van der Waals surface area contributed by atoms with Crippen molar-refractivity contribution in [2.75, 3.05) is 13.1 Å². The van der Waals surface area contributed by atoms with Crippen molar-refractivity contribution in [3.05, 3.63) is 23.8 Å². The molecule has 0 heterocycles. The van der Waals surface area contributed by atoms with Crippen LogP contribution in [-0.4, -0.2) is 34.1 Å². The van der Waals surface area contributed by atoms with E-state index >= 15 is 0 Å². The van der Waals surface area contributed by atoms with Crippen LogP contribution >= 0.6 is 0 Å². The summed E-state index contributed by atoms with van der Waals surface area (Å²) in [4.78, 5) is 13.8. The highest BCUT2D eigenvalue weighted by Crippen LogP contribution is 2.29. The van der Waals surface area contributed by atoms with Gasteiger partial charge in [-0.3, -0.25) is 4.79 Å². The second kappa shape index (κ2) is 5.57. The van der Waals surface area contributed by atoms with Crippen molar-refractivity contribution in [2.24, 2.45) is 5.92 Å². The average molecular weight is 237 g/mol. The molecule has 0 saturated carbocycles. The van der Waals surface area contributed by atoms with Gasteiger partial charge in [0.15, 0.2) is 11.5 Å². The predicted octanol–water partition coefficient (Wildman–Crippen LogP) is 2.22. The van der Waals surface area contributed by atoms with Crippen molar-refractivity contribution in [3.8, 4) is 11.5 Å². The van der Waals surface area contributed by atoms with Gasteiger partial charge in [0.05, 0.1) is 5.56 Å². The molecule has 0 aliphatic heterocycles. The van der Waals surface area contributed by atoms with Crippen molar-refractivity contribution in [2.45, 2.75) is 20.8 Å². The molecule has 0 aliphatic rings. The topological polar surface area (TPSA) is 60.8 Å². The number of carbonyl (C=O) groups is 1. The Balaban J connectivity index is 2.98. The van der Waals surface area contributed by atoms with Crippen LogP contribution in [0.2, 0.25) is 0 Å². The molecule has 0 aromatic heterocycles. The zero-order valence-corrected chi connectivity index (χ0v) is 10.5. The van der Waals surface area contributed by atoms with Gasteiger partial charge in [-0.05, 0) is 25.0 Å². The van der Waals surface area contributed by atoms with Gasteiger partial charge in [0, 0.05) is 13.1 Å². The fourth-order valence-electron chi connectivity index (χ4n) is 1.67. The summed E-state index contributed by atoms with van der Waals surface area (Å²) in [6.45, 7) is 7.15. The number of para-hydroxylation sites is 1. The van der Waals surface area contributed by atoms with Crippen LogP contribution in [0.1, 0.15) is 31.1 Å². The number of phenols is 2. The van der Waals surface area contributed by atoms with E-state index in [0.29, 0.717) is 19.0 Å². The lowest BCUT2D eigenvalue weighted by Crippen LogP contribution is -2.34. The Morgan fingerprint density at radius 1 is 1.35 bits per heavy atom. The number of hydrogen-bond acceptors (Lipinski definition) is 3. The maximum absolute atomic E-state index is 12.1. The number of phenolic OH excluding ortho intramolecular Hbond substituents is 2. The third-order valence-corrected chi connectivity index (χ3v) is 2.50. The van der Waals surface area contributed by atoms with E-state index in [0.717, 1.165) is 0 Å². The first-order valence-electron chi connectivity index (χ1n) is 5.77. The molecule has 17 heavy (non-hydrogen) atoms. The standard InChI is InChI=1S/C13H19NO3/c1-4-14(8-9(2)3)13(17)10-6-5-7-11(15)12(10)16/h5-7,9,15-16H,4,8H2,1-3H3. The zero-order valence-electron chi connectivity index (χ0n) is 10.5. The second-order valence-corrected chi connectivity index (χ2v) is 4.41. The summed E-state index contributed by atoms with van der Waals surface area (Å²) < 4.78 is 0. The summed E-state index contributed by atoms with van der Waals surface area (Å²) >= 11 is 0. The molecule has 0 atom stereocenters. The molecule has 1 aromatic carbocycles. The van der Waals surface area contributed by atoms with Crippen molar-refractivity contribution >= 4 is 5.91 Å². The van der Waals surface area contributed by atoms with E-state index in [2.05, 4.69) is 0 Å². The fourth-order valence-corrected chi connectivity index (χ4v) is 1.67. The summed E-state index contributed by atoms with van der Waals surface area (Å²) in [6.07, 6.45) is 0. The Kier molecular flexibility index (Phi) is 4.37. The number of hydrogen-bond donors (Lipinski definition) is 2. The molecule has 0 unspecified atom stereocenters. The largest absolute Gasteiger partial charge is 0.504 e. The summed E-state index contributed by atoms with van der Waals surface area (Å²) in [6, 6.07) is 4.41. The maximum atomic E-state index is 12.1. The van der Waals surface area contributed by atoms with E-state index in [1.54, 1.807) is 11.0 Å². The highest BCUT2D eigenvalue weighted by Gasteiger charge is 2.19. The molecule has 0 spiro atoms. The first kappa shape index (κ1) is 13.4. The number of rotatable bonds is 4. The third kappa shape index (κ3) is 3.12. The van der Waals surface area contributed by atoms with Gasteiger partial charge in [-0.2, -0.15) is 0 Å². The van der Waals surface area contributed by atoms with Crippen LogP contribution in [0, 0.1) is 5.92 Å². The summed E-state index contributed by atoms with van der Waals surface area (Å²) in [5, 5.41) is 19.0. The minimum atomic E-state index is -0.347. The van der Waals surface area contributed by atoms with Crippen molar-refractivity contribution < 1.29 is 15.0 Å². The van der Waals surface area contributed by atoms with Crippen LogP contribution < -0.4 is 0 Å². The monoisotopic (exact) mass is 237 g/mol. The lowest BCUT2D eigenvalue weighted by molar-refractivity contribution is 0.0742. The predicted molar refractivity (Wildman–Crippen MR) is 66.2 cm³/mol. The van der Waals surface area contributed by atoms with Crippen LogP contribution in [0.5, 0.6) is 11.5 Å². The van der Waals surface area contributed by atoms with E-state index in [1.165, 1.54) is 12.1 Å². The van der Waals surface area contributed by atoms with Crippen molar-refractivity contribution in [3.63, 3.8) is 0 Å². The van der Waals surface area contributed by atoms with Gasteiger partial charge in [-0.1, -0.05) is 19.9 Å². The lowest BCUT2D eigenvalue weighted by Gasteiger charge is -2.23. The molecule has 0 bridgehead atoms. The SMILES string of the molecule is CCN(CC(C)C)C(=O)c1cccc(O)c1O. The molecule has 1 amide bonds. The van der Waals surface area contributed by atoms with Crippen LogP contribution in [0.3, 0.4) is 0 Å².